The van der Waals surface area contributed by atoms with E-state index >= 15 is 0 Å². The molecule has 0 bridgehead atoms. The van der Waals surface area contributed by atoms with E-state index < -0.39 is 0 Å². The summed E-state index contributed by atoms with van der Waals surface area (Å²) in [5.74, 6) is -0.295. The van der Waals surface area contributed by atoms with Crippen LogP contribution in [0.1, 0.15) is 30.6 Å². The molecule has 3 nitrogen and oxygen atoms in total. The van der Waals surface area contributed by atoms with Crippen LogP contribution in [-0.2, 0) is 4.79 Å². The highest BCUT2D eigenvalue weighted by Crippen LogP contribution is 2.15. The molecule has 0 aromatic carbocycles. The van der Waals surface area contributed by atoms with Crippen molar-refractivity contribution in [3.63, 3.8) is 0 Å². The molecule has 15 heavy (non-hydrogen) atoms. The molecule has 0 N–H and O–H groups in total. The molecule has 0 fully saturated rings. The maximum Gasteiger partial charge on any atom is 0.167 e. The van der Waals surface area contributed by atoms with Gasteiger partial charge in [0, 0.05) is 34.8 Å². The van der Waals surface area contributed by atoms with Gasteiger partial charge in [0.2, 0.25) is 0 Å². The number of pyridine rings is 1. The Morgan fingerprint density at radius 2 is 2.13 bits per heavy atom. The van der Waals surface area contributed by atoms with E-state index in [2.05, 4.69) is 20.9 Å². The van der Waals surface area contributed by atoms with E-state index in [4.69, 9.17) is 0 Å². The summed E-state index contributed by atoms with van der Waals surface area (Å²) in [6, 6.07) is 1.71. The molecular formula is C11H12BrNO2. The smallest absolute Gasteiger partial charge is 0.167 e. The van der Waals surface area contributed by atoms with Crippen LogP contribution in [0.3, 0.4) is 0 Å². The van der Waals surface area contributed by atoms with Crippen molar-refractivity contribution in [3.05, 3.63) is 28.5 Å². The lowest BCUT2D eigenvalue weighted by molar-refractivity contribution is -0.117. The van der Waals surface area contributed by atoms with Crippen LogP contribution in [0.4, 0.5) is 0 Å². The van der Waals surface area contributed by atoms with Gasteiger partial charge < -0.3 is 4.79 Å². The van der Waals surface area contributed by atoms with Crippen LogP contribution >= 0.6 is 15.9 Å². The Hall–Kier alpha value is -1.03. The molecule has 1 atom stereocenters. The lowest BCUT2D eigenvalue weighted by Gasteiger charge is -2.07. The van der Waals surface area contributed by atoms with E-state index in [1.165, 1.54) is 13.1 Å². The van der Waals surface area contributed by atoms with E-state index in [1.807, 2.05) is 0 Å². The average Bonchev–Trinajstić information content (AvgIpc) is 2.15. The summed E-state index contributed by atoms with van der Waals surface area (Å²) in [5, 5.41) is 0. The van der Waals surface area contributed by atoms with Gasteiger partial charge in [-0.25, -0.2) is 0 Å². The van der Waals surface area contributed by atoms with Crippen molar-refractivity contribution >= 4 is 27.5 Å². The summed E-state index contributed by atoms with van der Waals surface area (Å²) in [4.78, 5) is 26.6. The fourth-order valence-electron chi connectivity index (χ4n) is 1.36. The second kappa shape index (κ2) is 5.16. The van der Waals surface area contributed by atoms with E-state index in [0.717, 1.165) is 4.47 Å². The van der Waals surface area contributed by atoms with Gasteiger partial charge in [0.25, 0.3) is 0 Å². The molecule has 80 valence electrons. The second-order valence-corrected chi connectivity index (χ2v) is 4.48. The summed E-state index contributed by atoms with van der Waals surface area (Å²) < 4.78 is 0.767. The monoisotopic (exact) mass is 269 g/mol. The Kier molecular flexibility index (Phi) is 4.15. The Bertz CT molecular complexity index is 390. The van der Waals surface area contributed by atoms with Crippen LogP contribution in [0, 0.1) is 5.92 Å². The number of hydrogen-bond donors (Lipinski definition) is 0. The van der Waals surface area contributed by atoms with Crippen LogP contribution in [0.5, 0.6) is 0 Å². The van der Waals surface area contributed by atoms with E-state index in [1.54, 1.807) is 19.2 Å². The van der Waals surface area contributed by atoms with Crippen molar-refractivity contribution in [2.24, 2.45) is 5.92 Å². The van der Waals surface area contributed by atoms with E-state index in [9.17, 15) is 9.59 Å². The molecule has 1 heterocycles. The zero-order valence-electron chi connectivity index (χ0n) is 8.66. The first-order valence-corrected chi connectivity index (χ1v) is 5.44. The zero-order chi connectivity index (χ0) is 11.4. The van der Waals surface area contributed by atoms with Crippen molar-refractivity contribution in [2.45, 2.75) is 20.3 Å². The largest absolute Gasteiger partial charge is 0.300 e. The second-order valence-electron chi connectivity index (χ2n) is 3.56. The molecule has 1 aromatic rings. The zero-order valence-corrected chi connectivity index (χ0v) is 10.2. The third-order valence-electron chi connectivity index (χ3n) is 2.03. The van der Waals surface area contributed by atoms with Crippen LogP contribution in [0.15, 0.2) is 22.9 Å². The van der Waals surface area contributed by atoms with Gasteiger partial charge in [-0.05, 0) is 28.9 Å². The van der Waals surface area contributed by atoms with Crippen LogP contribution in [-0.4, -0.2) is 16.6 Å². The molecule has 0 radical (unpaired) electrons. The molecule has 4 heteroatoms. The quantitative estimate of drug-likeness (QED) is 0.790. The molecule has 0 amide bonds. The van der Waals surface area contributed by atoms with Gasteiger partial charge in [-0.3, -0.25) is 9.78 Å². The molecule has 0 aliphatic carbocycles. The molecule has 1 rings (SSSR count). The molecule has 0 saturated heterocycles. The number of Topliss-reactive ketones (excluding diaryl/α,β-unsaturated/α-hetero) is 2. The maximum absolute atomic E-state index is 11.8. The average molecular weight is 270 g/mol. The topological polar surface area (TPSA) is 47.0 Å². The number of aromatic nitrogens is 1. The first-order valence-electron chi connectivity index (χ1n) is 4.65. The highest BCUT2D eigenvalue weighted by atomic mass is 79.9. The first-order chi connectivity index (χ1) is 7.00. The standard InChI is InChI=1S/C11H12BrNO2/c1-7(3-8(2)14)11(15)9-4-10(12)6-13-5-9/h4-7H,3H2,1-2H3. The van der Waals surface area contributed by atoms with Gasteiger partial charge in [0.1, 0.15) is 5.78 Å². The van der Waals surface area contributed by atoms with E-state index in [0.29, 0.717) is 5.56 Å². The third-order valence-corrected chi connectivity index (χ3v) is 2.46. The first kappa shape index (κ1) is 12.0. The SMILES string of the molecule is CC(=O)CC(C)C(=O)c1cncc(Br)c1. The number of halogens is 1. The summed E-state index contributed by atoms with van der Waals surface area (Å²) in [7, 11) is 0. The minimum atomic E-state index is -0.279. The molecule has 0 spiro atoms. The van der Waals surface area contributed by atoms with Crippen LogP contribution < -0.4 is 0 Å². The van der Waals surface area contributed by atoms with E-state index in [-0.39, 0.29) is 23.9 Å². The van der Waals surface area contributed by atoms with Gasteiger partial charge >= 0.3 is 0 Å². The van der Waals surface area contributed by atoms with Crippen LogP contribution in [0.2, 0.25) is 0 Å². The lowest BCUT2D eigenvalue weighted by atomic mass is 9.96. The van der Waals surface area contributed by atoms with Crippen molar-refractivity contribution in [1.29, 1.82) is 0 Å². The predicted octanol–water partition coefficient (Wildman–Crippen LogP) is 2.64. The molecule has 0 aliphatic heterocycles. The molecule has 1 aromatic heterocycles. The van der Waals surface area contributed by atoms with Crippen molar-refractivity contribution < 1.29 is 9.59 Å². The predicted molar refractivity (Wildman–Crippen MR) is 60.7 cm³/mol. The molecule has 0 aliphatic rings. The fourth-order valence-corrected chi connectivity index (χ4v) is 1.72. The van der Waals surface area contributed by atoms with Crippen molar-refractivity contribution in [2.75, 3.05) is 0 Å². The highest BCUT2D eigenvalue weighted by molar-refractivity contribution is 9.10. The maximum atomic E-state index is 11.8. The van der Waals surface area contributed by atoms with Crippen molar-refractivity contribution in [3.8, 4) is 0 Å². The van der Waals surface area contributed by atoms with Gasteiger partial charge in [-0.1, -0.05) is 6.92 Å². The molecule has 1 unspecified atom stereocenters. The summed E-state index contributed by atoms with van der Waals surface area (Å²) >= 11 is 3.25. The summed E-state index contributed by atoms with van der Waals surface area (Å²) in [5.41, 5.74) is 0.540. The Balaban J connectivity index is 2.80. The van der Waals surface area contributed by atoms with Gasteiger partial charge in [0.05, 0.1) is 0 Å². The number of rotatable bonds is 4. The molecule has 0 saturated carbocycles. The summed E-state index contributed by atoms with van der Waals surface area (Å²) in [6.45, 7) is 3.24. The molecular weight excluding hydrogens is 258 g/mol. The highest BCUT2D eigenvalue weighted by Gasteiger charge is 2.17. The Morgan fingerprint density at radius 3 is 2.67 bits per heavy atom. The summed E-state index contributed by atoms with van der Waals surface area (Å²) in [6.07, 6.45) is 3.42. The number of nitrogens with zero attached hydrogens (tertiary/aromatic N) is 1. The Morgan fingerprint density at radius 1 is 1.47 bits per heavy atom. The van der Waals surface area contributed by atoms with Crippen LogP contribution in [0.25, 0.3) is 0 Å². The van der Waals surface area contributed by atoms with Gasteiger partial charge in [-0.15, -0.1) is 0 Å². The number of carbonyl (C=O) groups excluding carboxylic acids is 2. The minimum absolute atomic E-state index is 0.0267. The lowest BCUT2D eigenvalue weighted by Crippen LogP contribution is -2.14. The Labute approximate surface area is 97.0 Å². The van der Waals surface area contributed by atoms with Crippen molar-refractivity contribution in [1.82, 2.24) is 4.98 Å². The number of hydrogen-bond acceptors (Lipinski definition) is 3. The van der Waals surface area contributed by atoms with Gasteiger partial charge in [0.15, 0.2) is 5.78 Å². The number of ketones is 2. The number of carbonyl (C=O) groups is 2. The fraction of sp³-hybridized carbons (Fsp3) is 0.364. The minimum Gasteiger partial charge on any atom is -0.300 e. The van der Waals surface area contributed by atoms with Gasteiger partial charge in [-0.2, -0.15) is 0 Å². The third kappa shape index (κ3) is 3.55. The normalized spacial score (nSPS) is 12.2.